The molecule has 0 saturated carbocycles. The smallest absolute Gasteiger partial charge is 0.338 e. The van der Waals surface area contributed by atoms with Gasteiger partial charge in [-0.2, -0.15) is 0 Å². The number of ether oxygens (including phenoxy) is 3. The van der Waals surface area contributed by atoms with Crippen molar-refractivity contribution in [2.75, 3.05) is 39.3 Å². The fourth-order valence-electron chi connectivity index (χ4n) is 1.35. The van der Waals surface area contributed by atoms with Crippen molar-refractivity contribution in [1.29, 1.82) is 0 Å². The molecule has 1 aromatic rings. The fraction of sp³-hybridized carbons (Fsp3) is 0.417. The average Bonchev–Trinajstić information content (AvgIpc) is 2.42. The zero-order chi connectivity index (χ0) is 15.0. The molecule has 8 heteroatoms. The van der Waals surface area contributed by atoms with Crippen LogP contribution < -0.4 is 5.73 Å². The van der Waals surface area contributed by atoms with Gasteiger partial charge in [0.25, 0.3) is 5.69 Å². The summed E-state index contributed by atoms with van der Waals surface area (Å²) in [6.45, 7) is 1.15. The van der Waals surface area contributed by atoms with E-state index in [1.807, 2.05) is 0 Å². The number of nitrogens with two attached hydrogens (primary N) is 1. The maximum atomic E-state index is 11.7. The first-order chi connectivity index (χ1) is 9.56. The average molecular weight is 284 g/mol. The first kappa shape index (κ1) is 15.9. The molecule has 8 nitrogen and oxygen atoms in total. The highest BCUT2D eigenvalue weighted by molar-refractivity contribution is 5.91. The monoisotopic (exact) mass is 284 g/mol. The molecule has 0 bridgehead atoms. The van der Waals surface area contributed by atoms with Crippen LogP contribution in [-0.2, 0) is 14.2 Å². The molecule has 0 amide bonds. The van der Waals surface area contributed by atoms with Gasteiger partial charge < -0.3 is 19.9 Å². The number of nitro groups is 1. The van der Waals surface area contributed by atoms with E-state index in [9.17, 15) is 14.9 Å². The van der Waals surface area contributed by atoms with Crippen molar-refractivity contribution >= 4 is 17.3 Å². The van der Waals surface area contributed by atoms with Gasteiger partial charge in [0.1, 0.15) is 12.3 Å². The summed E-state index contributed by atoms with van der Waals surface area (Å²) in [7, 11) is 1.55. The van der Waals surface area contributed by atoms with Gasteiger partial charge in [0.15, 0.2) is 0 Å². The molecule has 1 rings (SSSR count). The van der Waals surface area contributed by atoms with Crippen molar-refractivity contribution in [2.45, 2.75) is 0 Å². The number of anilines is 1. The van der Waals surface area contributed by atoms with Gasteiger partial charge in [-0.3, -0.25) is 10.1 Å². The predicted molar refractivity (Wildman–Crippen MR) is 70.5 cm³/mol. The third-order valence-electron chi connectivity index (χ3n) is 2.36. The molecular formula is C12H16N2O6. The Kier molecular flexibility index (Phi) is 6.41. The molecule has 0 fully saturated rings. The molecule has 0 aliphatic carbocycles. The number of nitrogen functional groups attached to an aromatic ring is 1. The second-order valence-electron chi connectivity index (χ2n) is 3.77. The van der Waals surface area contributed by atoms with E-state index >= 15 is 0 Å². The summed E-state index contributed by atoms with van der Waals surface area (Å²) >= 11 is 0. The molecule has 0 aliphatic heterocycles. The van der Waals surface area contributed by atoms with Crippen molar-refractivity contribution in [3.63, 3.8) is 0 Å². The number of esters is 1. The molecule has 0 heterocycles. The summed E-state index contributed by atoms with van der Waals surface area (Å²) in [6.07, 6.45) is 0. The number of nitro benzene ring substituents is 1. The Bertz CT molecular complexity index is 477. The fourth-order valence-corrected chi connectivity index (χ4v) is 1.35. The molecule has 0 unspecified atom stereocenters. The highest BCUT2D eigenvalue weighted by Gasteiger charge is 2.16. The molecular weight excluding hydrogens is 268 g/mol. The summed E-state index contributed by atoms with van der Waals surface area (Å²) < 4.78 is 14.8. The van der Waals surface area contributed by atoms with Crippen molar-refractivity contribution in [3.8, 4) is 0 Å². The van der Waals surface area contributed by atoms with Crippen molar-refractivity contribution in [3.05, 3.63) is 33.9 Å². The van der Waals surface area contributed by atoms with Crippen LogP contribution in [0.25, 0.3) is 0 Å². The number of hydrogen-bond acceptors (Lipinski definition) is 7. The molecule has 0 spiro atoms. The highest BCUT2D eigenvalue weighted by atomic mass is 16.6. The number of rotatable bonds is 8. The summed E-state index contributed by atoms with van der Waals surface area (Å²) in [4.78, 5) is 21.7. The second-order valence-corrected chi connectivity index (χ2v) is 3.77. The van der Waals surface area contributed by atoms with Gasteiger partial charge in [-0.05, 0) is 12.1 Å². The standard InChI is InChI=1S/C12H16N2O6/c1-18-4-5-19-6-7-20-12(15)9-2-3-10(13)11(8-9)14(16)17/h2-3,8H,4-7,13H2,1H3. The second kappa shape index (κ2) is 8.08. The van der Waals surface area contributed by atoms with Crippen LogP contribution in [0.1, 0.15) is 10.4 Å². The van der Waals surface area contributed by atoms with Crippen LogP contribution in [0.2, 0.25) is 0 Å². The zero-order valence-corrected chi connectivity index (χ0v) is 11.0. The number of benzene rings is 1. The zero-order valence-electron chi connectivity index (χ0n) is 11.0. The Morgan fingerprint density at radius 1 is 1.30 bits per heavy atom. The van der Waals surface area contributed by atoms with E-state index in [0.717, 1.165) is 6.07 Å². The van der Waals surface area contributed by atoms with E-state index < -0.39 is 10.9 Å². The van der Waals surface area contributed by atoms with Crippen molar-refractivity contribution in [2.24, 2.45) is 0 Å². The van der Waals surface area contributed by atoms with Crippen LogP contribution in [0.5, 0.6) is 0 Å². The molecule has 0 saturated heterocycles. The number of carbonyl (C=O) groups excluding carboxylic acids is 1. The first-order valence-electron chi connectivity index (χ1n) is 5.84. The molecule has 110 valence electrons. The number of hydrogen-bond donors (Lipinski definition) is 1. The van der Waals surface area contributed by atoms with E-state index in [-0.39, 0.29) is 30.2 Å². The molecule has 0 atom stereocenters. The van der Waals surface area contributed by atoms with E-state index in [1.54, 1.807) is 7.11 Å². The van der Waals surface area contributed by atoms with Crippen LogP contribution in [0.3, 0.4) is 0 Å². The largest absolute Gasteiger partial charge is 0.460 e. The van der Waals surface area contributed by atoms with Crippen LogP contribution >= 0.6 is 0 Å². The Labute approximate surface area is 115 Å². The number of nitrogens with zero attached hydrogens (tertiary/aromatic N) is 1. The quantitative estimate of drug-likeness (QED) is 0.249. The van der Waals surface area contributed by atoms with Gasteiger partial charge in [0.05, 0.1) is 30.3 Å². The lowest BCUT2D eigenvalue weighted by Crippen LogP contribution is -2.13. The van der Waals surface area contributed by atoms with Gasteiger partial charge in [-0.15, -0.1) is 0 Å². The summed E-state index contributed by atoms with van der Waals surface area (Å²) in [6, 6.07) is 3.75. The topological polar surface area (TPSA) is 114 Å². The Morgan fingerprint density at radius 3 is 2.65 bits per heavy atom. The van der Waals surface area contributed by atoms with Gasteiger partial charge >= 0.3 is 5.97 Å². The lowest BCUT2D eigenvalue weighted by molar-refractivity contribution is -0.383. The van der Waals surface area contributed by atoms with Gasteiger partial charge in [0.2, 0.25) is 0 Å². The normalized spacial score (nSPS) is 10.2. The molecule has 0 aromatic heterocycles. The first-order valence-corrected chi connectivity index (χ1v) is 5.84. The Balaban J connectivity index is 2.47. The van der Waals surface area contributed by atoms with E-state index in [4.69, 9.17) is 19.9 Å². The third kappa shape index (κ3) is 4.82. The minimum absolute atomic E-state index is 0.00514. The predicted octanol–water partition coefficient (Wildman–Crippen LogP) is 0.997. The van der Waals surface area contributed by atoms with Crippen LogP contribution in [0, 0.1) is 10.1 Å². The summed E-state index contributed by atoms with van der Waals surface area (Å²) in [5.41, 5.74) is 5.18. The van der Waals surface area contributed by atoms with Crippen molar-refractivity contribution < 1.29 is 23.9 Å². The Hall–Kier alpha value is -2.19. The van der Waals surface area contributed by atoms with Crippen LogP contribution in [-0.4, -0.2) is 44.4 Å². The van der Waals surface area contributed by atoms with Crippen LogP contribution in [0.4, 0.5) is 11.4 Å². The molecule has 20 heavy (non-hydrogen) atoms. The minimum Gasteiger partial charge on any atom is -0.460 e. The lowest BCUT2D eigenvalue weighted by Gasteiger charge is -2.06. The minimum atomic E-state index is -0.663. The van der Waals surface area contributed by atoms with Gasteiger partial charge in [-0.25, -0.2) is 4.79 Å². The summed E-state index contributed by atoms with van der Waals surface area (Å²) in [5, 5.41) is 10.7. The number of carbonyl (C=O) groups is 1. The Morgan fingerprint density at radius 2 is 2.00 bits per heavy atom. The highest BCUT2D eigenvalue weighted by Crippen LogP contribution is 2.22. The van der Waals surface area contributed by atoms with Gasteiger partial charge in [0, 0.05) is 13.2 Å². The van der Waals surface area contributed by atoms with E-state index in [1.165, 1.54) is 12.1 Å². The molecule has 1 aromatic carbocycles. The number of methoxy groups -OCH3 is 1. The lowest BCUT2D eigenvalue weighted by atomic mass is 10.2. The van der Waals surface area contributed by atoms with Crippen LogP contribution in [0.15, 0.2) is 18.2 Å². The SMILES string of the molecule is COCCOCCOC(=O)c1ccc(N)c([N+](=O)[O-])c1. The van der Waals surface area contributed by atoms with E-state index in [2.05, 4.69) is 0 Å². The maximum Gasteiger partial charge on any atom is 0.338 e. The molecule has 0 radical (unpaired) electrons. The van der Waals surface area contributed by atoms with Crippen molar-refractivity contribution in [1.82, 2.24) is 0 Å². The molecule has 0 aliphatic rings. The molecule has 2 N–H and O–H groups in total. The van der Waals surface area contributed by atoms with Gasteiger partial charge in [-0.1, -0.05) is 0 Å². The summed E-state index contributed by atoms with van der Waals surface area (Å²) in [5.74, 6) is -0.663. The maximum absolute atomic E-state index is 11.7. The third-order valence-corrected chi connectivity index (χ3v) is 2.36. The van der Waals surface area contributed by atoms with E-state index in [0.29, 0.717) is 13.2 Å².